The van der Waals surface area contributed by atoms with E-state index < -0.39 is 30.0 Å². The van der Waals surface area contributed by atoms with Crippen molar-refractivity contribution in [2.45, 2.75) is 44.4 Å². The third kappa shape index (κ3) is 5.78. The van der Waals surface area contributed by atoms with Crippen LogP contribution in [0.3, 0.4) is 0 Å². The molecular weight excluding hydrogens is 490 g/mol. The van der Waals surface area contributed by atoms with Gasteiger partial charge in [-0.3, -0.25) is 19.3 Å². The van der Waals surface area contributed by atoms with Gasteiger partial charge in [-0.05, 0) is 41.6 Å². The van der Waals surface area contributed by atoms with Crippen LogP contribution in [0, 0.1) is 5.92 Å². The Balaban J connectivity index is 1.65. The van der Waals surface area contributed by atoms with Crippen LogP contribution in [0.1, 0.15) is 42.1 Å². The van der Waals surface area contributed by atoms with E-state index in [9.17, 15) is 14.4 Å². The number of azide groups is 1. The number of amides is 2. The molecule has 12 nitrogen and oxygen atoms in total. The molecule has 206 valence electrons. The Hall–Kier alpha value is -3.18. The number of hydrogen-bond acceptors (Lipinski definition) is 8. The van der Waals surface area contributed by atoms with Crippen molar-refractivity contribution in [1.29, 1.82) is 0 Å². The highest BCUT2D eigenvalue weighted by molar-refractivity contribution is 5.99. The number of methoxy groups -OCH3 is 1. The monoisotopic (exact) mass is 527 g/mol. The van der Waals surface area contributed by atoms with Crippen molar-refractivity contribution in [3.63, 3.8) is 0 Å². The van der Waals surface area contributed by atoms with Crippen molar-refractivity contribution in [2.75, 3.05) is 64.5 Å². The van der Waals surface area contributed by atoms with E-state index in [1.807, 2.05) is 26.0 Å². The molecule has 0 bridgehead atoms. The number of carbonyl (C=O) groups is 3. The van der Waals surface area contributed by atoms with Gasteiger partial charge in [0.15, 0.2) is 5.78 Å². The van der Waals surface area contributed by atoms with E-state index in [4.69, 9.17) is 20.7 Å². The van der Waals surface area contributed by atoms with E-state index in [0.29, 0.717) is 24.2 Å². The first kappa shape index (κ1) is 27.8. The molecule has 3 aliphatic rings. The molecule has 0 aliphatic carbocycles. The van der Waals surface area contributed by atoms with E-state index in [1.165, 1.54) is 4.90 Å². The third-order valence-electron chi connectivity index (χ3n) is 7.67. The molecule has 0 radical (unpaired) electrons. The molecule has 0 saturated carbocycles. The number of nitrogens with zero attached hydrogens (tertiary/aromatic N) is 6. The molecule has 3 heterocycles. The topological polar surface area (TPSA) is 154 Å². The fraction of sp³-hybridized carbons (Fsp3) is 0.654. The minimum atomic E-state index is -0.798. The minimum absolute atomic E-state index is 0.0909. The maximum absolute atomic E-state index is 14.1. The van der Waals surface area contributed by atoms with Crippen LogP contribution in [0.15, 0.2) is 23.3 Å². The number of rotatable bonds is 10. The molecule has 1 aromatic carbocycles. The fourth-order valence-electron chi connectivity index (χ4n) is 5.77. The predicted molar refractivity (Wildman–Crippen MR) is 141 cm³/mol. The first-order valence-electron chi connectivity index (χ1n) is 13.1. The van der Waals surface area contributed by atoms with Crippen molar-refractivity contribution in [3.05, 3.63) is 39.8 Å². The van der Waals surface area contributed by atoms with Gasteiger partial charge < -0.3 is 25.0 Å². The fourth-order valence-corrected chi connectivity index (χ4v) is 5.77. The first-order valence-corrected chi connectivity index (χ1v) is 13.1. The number of carbonyl (C=O) groups excluding carboxylic acids is 3. The largest absolute Gasteiger partial charge is 0.383 e. The molecule has 4 atom stereocenters. The average molecular weight is 528 g/mol. The van der Waals surface area contributed by atoms with Gasteiger partial charge >= 0.3 is 0 Å². The van der Waals surface area contributed by atoms with Crippen molar-refractivity contribution >= 4 is 23.3 Å². The van der Waals surface area contributed by atoms with Crippen molar-refractivity contribution in [3.8, 4) is 0 Å². The Morgan fingerprint density at radius 3 is 2.63 bits per heavy atom. The molecule has 0 unspecified atom stereocenters. The van der Waals surface area contributed by atoms with Crippen LogP contribution < -0.4 is 10.6 Å². The second kappa shape index (κ2) is 12.1. The highest BCUT2D eigenvalue weighted by atomic mass is 16.5. The summed E-state index contributed by atoms with van der Waals surface area (Å²) in [6.45, 7) is 8.90. The van der Waals surface area contributed by atoms with Gasteiger partial charge in [0.1, 0.15) is 12.6 Å². The van der Waals surface area contributed by atoms with Gasteiger partial charge in [-0.25, -0.2) is 0 Å². The Morgan fingerprint density at radius 2 is 2.00 bits per heavy atom. The number of benzene rings is 1. The van der Waals surface area contributed by atoms with E-state index >= 15 is 0 Å². The van der Waals surface area contributed by atoms with Crippen LogP contribution in [0.5, 0.6) is 0 Å². The first-order chi connectivity index (χ1) is 18.2. The van der Waals surface area contributed by atoms with Crippen LogP contribution in [0.4, 0.5) is 5.69 Å². The summed E-state index contributed by atoms with van der Waals surface area (Å²) in [4.78, 5) is 48.3. The summed E-state index contributed by atoms with van der Waals surface area (Å²) < 4.78 is 10.8. The van der Waals surface area contributed by atoms with Crippen LogP contribution in [-0.2, 0) is 19.1 Å². The zero-order valence-electron chi connectivity index (χ0n) is 22.3. The molecule has 4 rings (SSSR count). The Morgan fingerprint density at radius 1 is 1.26 bits per heavy atom. The summed E-state index contributed by atoms with van der Waals surface area (Å²) in [5.74, 6) is -1.67. The lowest BCUT2D eigenvalue weighted by molar-refractivity contribution is -0.138. The van der Waals surface area contributed by atoms with Crippen LogP contribution in [0.25, 0.3) is 10.4 Å². The number of Topliss-reactive ketones (excluding diaryl/α,β-unsaturated/α-hetero) is 1. The number of piperazine rings is 1. The molecular formula is C26H37N7O5. The number of hydrogen-bond donors (Lipinski definition) is 1. The van der Waals surface area contributed by atoms with E-state index in [-0.39, 0.29) is 30.8 Å². The normalized spacial score (nSPS) is 24.4. The summed E-state index contributed by atoms with van der Waals surface area (Å²) in [5.41, 5.74) is 16.6. The maximum atomic E-state index is 14.1. The summed E-state index contributed by atoms with van der Waals surface area (Å²) in [6, 6.07) is 4.04. The molecule has 2 N–H and O–H groups in total. The van der Waals surface area contributed by atoms with Gasteiger partial charge in [0, 0.05) is 62.5 Å². The molecule has 38 heavy (non-hydrogen) atoms. The zero-order valence-corrected chi connectivity index (χ0v) is 22.3. The molecule has 2 amide bonds. The SMILES string of the molecule is COCCN1CCN(c2ccc(C(N)=O)c([C@H](CC(C)C)C(=O)N3C[C@H](N=[N+]=[N-])[C@H]4OCC(=O)[C@H]43)c2)CC1. The second-order valence-corrected chi connectivity index (χ2v) is 10.6. The smallest absolute Gasteiger partial charge is 0.249 e. The van der Waals surface area contributed by atoms with Gasteiger partial charge in [0.2, 0.25) is 11.8 Å². The maximum Gasteiger partial charge on any atom is 0.249 e. The highest BCUT2D eigenvalue weighted by Crippen LogP contribution is 2.37. The quantitative estimate of drug-likeness (QED) is 0.275. The van der Waals surface area contributed by atoms with Gasteiger partial charge in [0.25, 0.3) is 0 Å². The molecule has 0 spiro atoms. The zero-order chi connectivity index (χ0) is 27.4. The van der Waals surface area contributed by atoms with Crippen LogP contribution >= 0.6 is 0 Å². The Labute approximate surface area is 222 Å². The van der Waals surface area contributed by atoms with Crippen LogP contribution in [-0.4, -0.2) is 105 Å². The third-order valence-corrected chi connectivity index (χ3v) is 7.67. The van der Waals surface area contributed by atoms with Gasteiger partial charge in [-0.15, -0.1) is 0 Å². The average Bonchev–Trinajstić information content (AvgIpc) is 3.46. The lowest BCUT2D eigenvalue weighted by atomic mass is 9.85. The lowest BCUT2D eigenvalue weighted by Crippen LogP contribution is -2.47. The lowest BCUT2D eigenvalue weighted by Gasteiger charge is -2.36. The molecule has 0 aromatic heterocycles. The van der Waals surface area contributed by atoms with E-state index in [2.05, 4.69) is 19.8 Å². The molecule has 12 heteroatoms. The number of fused-ring (bicyclic) bond motifs is 1. The van der Waals surface area contributed by atoms with Crippen LogP contribution in [0.2, 0.25) is 0 Å². The van der Waals surface area contributed by atoms with Crippen molar-refractivity contribution in [2.24, 2.45) is 16.8 Å². The number of nitrogens with two attached hydrogens (primary N) is 1. The predicted octanol–water partition coefficient (Wildman–Crippen LogP) is 1.54. The number of ether oxygens (including phenoxy) is 2. The Kier molecular flexibility index (Phi) is 8.88. The second-order valence-electron chi connectivity index (χ2n) is 10.6. The van der Waals surface area contributed by atoms with Crippen molar-refractivity contribution in [1.82, 2.24) is 9.80 Å². The van der Waals surface area contributed by atoms with E-state index in [1.54, 1.807) is 13.2 Å². The number of anilines is 1. The summed E-state index contributed by atoms with van der Waals surface area (Å²) in [7, 11) is 1.70. The Bertz CT molecular complexity index is 1100. The number of ketones is 1. The molecule has 1 aromatic rings. The summed E-state index contributed by atoms with van der Waals surface area (Å²) in [5, 5.41) is 3.79. The van der Waals surface area contributed by atoms with E-state index in [0.717, 1.165) is 38.4 Å². The summed E-state index contributed by atoms with van der Waals surface area (Å²) in [6.07, 6.45) is -0.193. The number of likely N-dealkylation sites (tertiary alicyclic amines) is 1. The highest BCUT2D eigenvalue weighted by Gasteiger charge is 2.53. The summed E-state index contributed by atoms with van der Waals surface area (Å²) >= 11 is 0. The minimum Gasteiger partial charge on any atom is -0.383 e. The molecule has 3 aliphatic heterocycles. The van der Waals surface area contributed by atoms with Gasteiger partial charge in [-0.1, -0.05) is 19.0 Å². The molecule has 3 fully saturated rings. The van der Waals surface area contributed by atoms with Gasteiger partial charge in [0.05, 0.1) is 24.7 Å². The van der Waals surface area contributed by atoms with Crippen molar-refractivity contribution < 1.29 is 23.9 Å². The standard InChI is InChI=1S/C26H37N7O5/c1-16(2)12-20(26(36)33-14-21(29-30-28)24-23(33)22(34)15-38-24)19-13-17(4-5-18(19)25(27)35)32-8-6-31(7-9-32)10-11-37-3/h4-5,13,16,20-21,23-24H,6-12,14-15H2,1-3H3,(H2,27,35)/t20-,21-,23+,24+/m0/s1. The molecule has 3 saturated heterocycles. The van der Waals surface area contributed by atoms with Gasteiger partial charge in [-0.2, -0.15) is 0 Å². The number of primary amides is 1.